The van der Waals surface area contributed by atoms with Crippen molar-refractivity contribution < 1.29 is 14.4 Å². The fourth-order valence-corrected chi connectivity index (χ4v) is 2.12. The maximum atomic E-state index is 11.9. The van der Waals surface area contributed by atoms with Gasteiger partial charge in [0.05, 0.1) is 12.5 Å². The van der Waals surface area contributed by atoms with Crippen molar-refractivity contribution >= 4 is 11.8 Å². The fourth-order valence-electron chi connectivity index (χ4n) is 2.12. The highest BCUT2D eigenvalue weighted by Crippen LogP contribution is 2.18. The standard InChI is InChI=1S/C14H26N2O3/c1-10(2)9-19-15-13(17)12-6-5-7-16(8-12)14(18)11(3)4/h10-12H,5-9H2,1-4H3,(H,15,17). The molecule has 0 aliphatic carbocycles. The van der Waals surface area contributed by atoms with Gasteiger partial charge in [-0.15, -0.1) is 0 Å². The van der Waals surface area contributed by atoms with E-state index in [0.717, 1.165) is 19.4 Å². The van der Waals surface area contributed by atoms with Crippen molar-refractivity contribution in [2.75, 3.05) is 19.7 Å². The second-order valence-electron chi connectivity index (χ2n) is 5.95. The Bertz CT molecular complexity index is 316. The molecule has 1 aliphatic rings. The molecule has 0 aromatic carbocycles. The molecule has 0 radical (unpaired) electrons. The third-order valence-corrected chi connectivity index (χ3v) is 3.19. The van der Waals surface area contributed by atoms with Crippen LogP contribution < -0.4 is 5.48 Å². The van der Waals surface area contributed by atoms with Crippen LogP contribution >= 0.6 is 0 Å². The van der Waals surface area contributed by atoms with Crippen molar-refractivity contribution in [3.63, 3.8) is 0 Å². The number of carbonyl (C=O) groups excluding carboxylic acids is 2. The van der Waals surface area contributed by atoms with E-state index >= 15 is 0 Å². The summed E-state index contributed by atoms with van der Waals surface area (Å²) in [5.74, 6) is 0.232. The number of nitrogens with one attached hydrogen (secondary N) is 1. The largest absolute Gasteiger partial charge is 0.342 e. The monoisotopic (exact) mass is 270 g/mol. The highest BCUT2D eigenvalue weighted by molar-refractivity contribution is 5.81. The van der Waals surface area contributed by atoms with Crippen LogP contribution in [-0.2, 0) is 14.4 Å². The normalized spacial score (nSPS) is 19.9. The minimum absolute atomic E-state index is 0.0148. The zero-order valence-electron chi connectivity index (χ0n) is 12.4. The Kier molecular flexibility index (Phi) is 6.28. The number of hydrogen-bond donors (Lipinski definition) is 1. The number of hydrogen-bond acceptors (Lipinski definition) is 3. The van der Waals surface area contributed by atoms with Crippen LogP contribution in [0.3, 0.4) is 0 Å². The Morgan fingerprint density at radius 3 is 2.58 bits per heavy atom. The van der Waals surface area contributed by atoms with E-state index in [1.54, 1.807) is 4.90 Å². The van der Waals surface area contributed by atoms with Crippen molar-refractivity contribution in [2.45, 2.75) is 40.5 Å². The zero-order chi connectivity index (χ0) is 14.4. The fraction of sp³-hybridized carbons (Fsp3) is 0.857. The van der Waals surface area contributed by atoms with Gasteiger partial charge in [0.15, 0.2) is 0 Å². The van der Waals surface area contributed by atoms with Crippen molar-refractivity contribution in [3.8, 4) is 0 Å². The summed E-state index contributed by atoms with van der Waals surface area (Å²) in [5.41, 5.74) is 2.50. The van der Waals surface area contributed by atoms with Gasteiger partial charge in [0, 0.05) is 19.0 Å². The Labute approximate surface area is 115 Å². The van der Waals surface area contributed by atoms with Crippen molar-refractivity contribution in [2.24, 2.45) is 17.8 Å². The van der Waals surface area contributed by atoms with Gasteiger partial charge >= 0.3 is 0 Å². The first-order chi connectivity index (χ1) is 8.91. The van der Waals surface area contributed by atoms with Gasteiger partial charge in [-0.2, -0.15) is 0 Å². The van der Waals surface area contributed by atoms with Gasteiger partial charge in [0.2, 0.25) is 11.8 Å². The molecule has 1 saturated heterocycles. The molecule has 1 rings (SSSR count). The number of hydroxylamine groups is 1. The summed E-state index contributed by atoms with van der Waals surface area (Å²) >= 11 is 0. The Hall–Kier alpha value is -1.10. The number of nitrogens with zero attached hydrogens (tertiary/aromatic N) is 1. The van der Waals surface area contributed by atoms with Gasteiger partial charge in [-0.3, -0.25) is 14.4 Å². The molecule has 2 amide bonds. The molecule has 0 spiro atoms. The lowest BCUT2D eigenvalue weighted by molar-refractivity contribution is -0.144. The van der Waals surface area contributed by atoms with E-state index in [2.05, 4.69) is 5.48 Å². The quantitative estimate of drug-likeness (QED) is 0.772. The van der Waals surface area contributed by atoms with E-state index in [-0.39, 0.29) is 23.7 Å². The number of piperidine rings is 1. The average Bonchev–Trinajstić information content (AvgIpc) is 2.37. The lowest BCUT2D eigenvalue weighted by atomic mass is 9.96. The molecule has 5 nitrogen and oxygen atoms in total. The Balaban J connectivity index is 2.41. The minimum Gasteiger partial charge on any atom is -0.342 e. The van der Waals surface area contributed by atoms with E-state index in [0.29, 0.717) is 19.1 Å². The van der Waals surface area contributed by atoms with Crippen molar-refractivity contribution in [1.82, 2.24) is 10.4 Å². The van der Waals surface area contributed by atoms with Gasteiger partial charge in [0.25, 0.3) is 0 Å². The second-order valence-corrected chi connectivity index (χ2v) is 5.95. The topological polar surface area (TPSA) is 58.6 Å². The summed E-state index contributed by atoms with van der Waals surface area (Å²) in [6.07, 6.45) is 1.69. The lowest BCUT2D eigenvalue weighted by Crippen LogP contribution is -2.46. The van der Waals surface area contributed by atoms with Crippen LogP contribution in [0.1, 0.15) is 40.5 Å². The van der Waals surface area contributed by atoms with Crippen LogP contribution in [-0.4, -0.2) is 36.4 Å². The summed E-state index contributed by atoms with van der Waals surface area (Å²) < 4.78 is 0. The summed E-state index contributed by atoms with van der Waals surface area (Å²) in [6.45, 7) is 9.59. The molecule has 0 bridgehead atoms. The van der Waals surface area contributed by atoms with E-state index in [9.17, 15) is 9.59 Å². The number of likely N-dealkylation sites (tertiary alicyclic amines) is 1. The molecule has 1 fully saturated rings. The molecule has 0 aromatic rings. The van der Waals surface area contributed by atoms with E-state index in [1.165, 1.54) is 0 Å². The maximum Gasteiger partial charge on any atom is 0.248 e. The smallest absolute Gasteiger partial charge is 0.248 e. The molecule has 110 valence electrons. The molecule has 5 heteroatoms. The first kappa shape index (κ1) is 16.0. The van der Waals surface area contributed by atoms with Crippen molar-refractivity contribution in [3.05, 3.63) is 0 Å². The van der Waals surface area contributed by atoms with Gasteiger partial charge in [-0.1, -0.05) is 27.7 Å². The van der Waals surface area contributed by atoms with Crippen LogP contribution in [0.15, 0.2) is 0 Å². The highest BCUT2D eigenvalue weighted by atomic mass is 16.6. The third kappa shape index (κ3) is 5.19. The van der Waals surface area contributed by atoms with Crippen molar-refractivity contribution in [1.29, 1.82) is 0 Å². The predicted molar refractivity (Wildman–Crippen MR) is 73.1 cm³/mol. The molecule has 1 N–H and O–H groups in total. The van der Waals surface area contributed by atoms with E-state index in [4.69, 9.17) is 4.84 Å². The molecule has 1 atom stereocenters. The first-order valence-electron chi connectivity index (χ1n) is 7.12. The SMILES string of the molecule is CC(C)CONC(=O)C1CCCN(C(=O)C(C)C)C1. The average molecular weight is 270 g/mol. The number of rotatable bonds is 5. The second kappa shape index (κ2) is 7.48. The first-order valence-corrected chi connectivity index (χ1v) is 7.12. The molecule has 19 heavy (non-hydrogen) atoms. The van der Waals surface area contributed by atoms with Gasteiger partial charge in [0.1, 0.15) is 0 Å². The molecular formula is C14H26N2O3. The minimum atomic E-state index is -0.149. The molecule has 0 aromatic heterocycles. The molecule has 0 saturated carbocycles. The molecular weight excluding hydrogens is 244 g/mol. The Morgan fingerprint density at radius 1 is 1.32 bits per heavy atom. The van der Waals surface area contributed by atoms with Gasteiger partial charge < -0.3 is 4.90 Å². The summed E-state index contributed by atoms with van der Waals surface area (Å²) in [7, 11) is 0. The van der Waals surface area contributed by atoms with Crippen LogP contribution in [0, 0.1) is 17.8 Å². The number of carbonyl (C=O) groups is 2. The third-order valence-electron chi connectivity index (χ3n) is 3.19. The molecule has 1 unspecified atom stereocenters. The van der Waals surface area contributed by atoms with Crippen LogP contribution in [0.25, 0.3) is 0 Å². The van der Waals surface area contributed by atoms with E-state index < -0.39 is 0 Å². The summed E-state index contributed by atoms with van der Waals surface area (Å²) in [4.78, 5) is 30.8. The highest BCUT2D eigenvalue weighted by Gasteiger charge is 2.29. The maximum absolute atomic E-state index is 11.9. The lowest BCUT2D eigenvalue weighted by Gasteiger charge is -2.33. The Morgan fingerprint density at radius 2 is 2.00 bits per heavy atom. The van der Waals surface area contributed by atoms with Crippen LogP contribution in [0.2, 0.25) is 0 Å². The van der Waals surface area contributed by atoms with E-state index in [1.807, 2.05) is 27.7 Å². The predicted octanol–water partition coefficient (Wildman–Crippen LogP) is 1.58. The summed E-state index contributed by atoms with van der Waals surface area (Å²) in [5, 5.41) is 0. The van der Waals surface area contributed by atoms with Crippen LogP contribution in [0.4, 0.5) is 0 Å². The molecule has 1 heterocycles. The zero-order valence-corrected chi connectivity index (χ0v) is 12.4. The van der Waals surface area contributed by atoms with Crippen LogP contribution in [0.5, 0.6) is 0 Å². The van der Waals surface area contributed by atoms with Gasteiger partial charge in [-0.05, 0) is 18.8 Å². The number of amides is 2. The van der Waals surface area contributed by atoms with Gasteiger partial charge in [-0.25, -0.2) is 5.48 Å². The molecule has 1 aliphatic heterocycles. The summed E-state index contributed by atoms with van der Waals surface area (Å²) in [6, 6.07) is 0.